The number of Topliss-reactive ketones (excluding diaryl/α,β-unsaturated/α-hetero) is 1. The maximum absolute atomic E-state index is 11.3. The lowest BCUT2D eigenvalue weighted by atomic mass is 10.1. The molecule has 0 aromatic carbocycles. The molecule has 0 spiro atoms. The highest BCUT2D eigenvalue weighted by Gasteiger charge is 2.17. The van der Waals surface area contributed by atoms with Gasteiger partial charge in [0.2, 0.25) is 5.78 Å². The summed E-state index contributed by atoms with van der Waals surface area (Å²) in [7, 11) is 0. The summed E-state index contributed by atoms with van der Waals surface area (Å²) in [5.41, 5.74) is 0. The van der Waals surface area contributed by atoms with Crippen LogP contribution in [0.2, 0.25) is 0 Å². The lowest BCUT2D eigenvalue weighted by Crippen LogP contribution is -2.23. The lowest BCUT2D eigenvalue weighted by molar-refractivity contribution is -0.158. The zero-order chi connectivity index (χ0) is 13.1. The third kappa shape index (κ3) is 7.72. The van der Waals surface area contributed by atoms with Gasteiger partial charge in [-0.25, -0.2) is 4.79 Å². The molecule has 0 saturated heterocycles. The van der Waals surface area contributed by atoms with E-state index in [0.29, 0.717) is 0 Å². The zero-order valence-corrected chi connectivity index (χ0v) is 11.2. The summed E-state index contributed by atoms with van der Waals surface area (Å²) in [5.74, 6) is -1.11. The van der Waals surface area contributed by atoms with E-state index >= 15 is 0 Å². The van der Waals surface area contributed by atoms with Crippen molar-refractivity contribution in [2.24, 2.45) is 0 Å². The van der Waals surface area contributed by atoms with Gasteiger partial charge in [-0.3, -0.25) is 4.79 Å². The van der Waals surface area contributed by atoms with Crippen LogP contribution in [-0.2, 0) is 14.3 Å². The quantitative estimate of drug-likeness (QED) is 0.268. The van der Waals surface area contributed by atoms with Gasteiger partial charge in [0.25, 0.3) is 0 Å². The Kier molecular flexibility index (Phi) is 9.40. The van der Waals surface area contributed by atoms with Crippen molar-refractivity contribution in [3.05, 3.63) is 12.2 Å². The maximum Gasteiger partial charge on any atom is 0.374 e. The second-order valence-electron chi connectivity index (χ2n) is 4.07. The number of esters is 1. The van der Waals surface area contributed by atoms with Crippen LogP contribution in [0.1, 0.15) is 59.3 Å². The maximum atomic E-state index is 11.3. The molecule has 3 heteroatoms. The van der Waals surface area contributed by atoms with Crippen molar-refractivity contribution in [2.75, 3.05) is 0 Å². The molecule has 0 bridgehead atoms. The minimum Gasteiger partial charge on any atom is -0.457 e. The van der Waals surface area contributed by atoms with Crippen molar-refractivity contribution in [2.45, 2.75) is 65.4 Å². The number of ketones is 1. The molecule has 0 aliphatic rings. The Bertz CT molecular complexity index is 256. The second kappa shape index (κ2) is 10.1. The number of carbonyl (C=O) groups excluding carboxylic acids is 2. The summed E-state index contributed by atoms with van der Waals surface area (Å²) in [5, 5.41) is 0. The molecule has 0 aliphatic carbocycles. The number of carbonyl (C=O) groups is 2. The molecule has 1 atom stereocenters. The molecule has 0 N–H and O–H groups in total. The number of rotatable bonds is 9. The Balaban J connectivity index is 3.83. The fourth-order valence-electron chi connectivity index (χ4n) is 1.51. The molecule has 0 aromatic rings. The van der Waals surface area contributed by atoms with Crippen molar-refractivity contribution in [3.8, 4) is 0 Å². The predicted molar refractivity (Wildman–Crippen MR) is 68.8 cm³/mol. The first-order valence-electron chi connectivity index (χ1n) is 6.50. The average molecular weight is 240 g/mol. The van der Waals surface area contributed by atoms with E-state index in [2.05, 4.69) is 6.08 Å². The molecule has 0 aliphatic heterocycles. The van der Waals surface area contributed by atoms with Crippen molar-refractivity contribution in [3.63, 3.8) is 0 Å². The monoisotopic (exact) mass is 240 g/mol. The van der Waals surface area contributed by atoms with Crippen molar-refractivity contribution in [1.29, 1.82) is 0 Å². The van der Waals surface area contributed by atoms with Gasteiger partial charge in [0, 0.05) is 6.42 Å². The largest absolute Gasteiger partial charge is 0.457 e. The van der Waals surface area contributed by atoms with E-state index in [1.165, 1.54) is 0 Å². The first-order valence-corrected chi connectivity index (χ1v) is 6.50. The number of allylic oxidation sites excluding steroid dienone is 2. The third-order valence-corrected chi connectivity index (χ3v) is 2.66. The van der Waals surface area contributed by atoms with Crippen molar-refractivity contribution < 1.29 is 14.3 Å². The standard InChI is InChI=1S/C14H24O3/c1-4-7-8-9-10-11-12(5-2)17-14(16)13(15)6-3/h4,7,12H,5-6,8-11H2,1-3H3/b7-4+. The average Bonchev–Trinajstić information content (AvgIpc) is 2.35. The highest BCUT2D eigenvalue weighted by molar-refractivity contribution is 6.33. The van der Waals surface area contributed by atoms with E-state index in [0.717, 1.165) is 32.1 Å². The Morgan fingerprint density at radius 2 is 1.94 bits per heavy atom. The Morgan fingerprint density at radius 1 is 1.24 bits per heavy atom. The fraction of sp³-hybridized carbons (Fsp3) is 0.714. The van der Waals surface area contributed by atoms with Crippen molar-refractivity contribution in [1.82, 2.24) is 0 Å². The molecular formula is C14H24O3. The molecule has 0 saturated carbocycles. The molecule has 0 rings (SSSR count). The smallest absolute Gasteiger partial charge is 0.374 e. The van der Waals surface area contributed by atoms with Gasteiger partial charge in [0.05, 0.1) is 0 Å². The molecular weight excluding hydrogens is 216 g/mol. The lowest BCUT2D eigenvalue weighted by Gasteiger charge is -2.15. The summed E-state index contributed by atoms with van der Waals surface area (Å²) >= 11 is 0. The van der Waals surface area contributed by atoms with Gasteiger partial charge in [0.15, 0.2) is 0 Å². The van der Waals surface area contributed by atoms with Gasteiger partial charge in [0.1, 0.15) is 6.10 Å². The minimum atomic E-state index is -0.673. The van der Waals surface area contributed by atoms with Gasteiger partial charge in [-0.1, -0.05) is 26.0 Å². The topological polar surface area (TPSA) is 43.4 Å². The molecule has 1 unspecified atom stereocenters. The summed E-state index contributed by atoms with van der Waals surface area (Å²) in [6.07, 6.45) is 9.08. The van der Waals surface area contributed by atoms with Crippen LogP contribution >= 0.6 is 0 Å². The van der Waals surface area contributed by atoms with E-state index in [1.807, 2.05) is 19.9 Å². The first kappa shape index (κ1) is 15.9. The molecule has 17 heavy (non-hydrogen) atoms. The van der Waals surface area contributed by atoms with Gasteiger partial charge in [-0.2, -0.15) is 0 Å². The Hall–Kier alpha value is -1.12. The second-order valence-corrected chi connectivity index (χ2v) is 4.07. The number of hydrogen-bond donors (Lipinski definition) is 0. The van der Waals surface area contributed by atoms with Gasteiger partial charge in [-0.15, -0.1) is 0 Å². The summed E-state index contributed by atoms with van der Waals surface area (Å²) in [4.78, 5) is 22.4. The third-order valence-electron chi connectivity index (χ3n) is 2.66. The highest BCUT2D eigenvalue weighted by atomic mass is 16.5. The van der Waals surface area contributed by atoms with Crippen LogP contribution in [0.5, 0.6) is 0 Å². The van der Waals surface area contributed by atoms with Crippen LogP contribution in [0.25, 0.3) is 0 Å². The summed E-state index contributed by atoms with van der Waals surface area (Å²) in [6, 6.07) is 0. The molecule has 0 aromatic heterocycles. The van der Waals surface area contributed by atoms with Crippen LogP contribution in [0.3, 0.4) is 0 Å². The van der Waals surface area contributed by atoms with Crippen LogP contribution in [-0.4, -0.2) is 17.9 Å². The highest BCUT2D eigenvalue weighted by Crippen LogP contribution is 2.11. The zero-order valence-electron chi connectivity index (χ0n) is 11.2. The van der Waals surface area contributed by atoms with Crippen LogP contribution in [0.4, 0.5) is 0 Å². The van der Waals surface area contributed by atoms with E-state index in [4.69, 9.17) is 4.74 Å². The molecule has 98 valence electrons. The number of ether oxygens (including phenoxy) is 1. The van der Waals surface area contributed by atoms with Gasteiger partial charge >= 0.3 is 5.97 Å². The predicted octanol–water partition coefficient (Wildman–Crippen LogP) is 3.42. The van der Waals surface area contributed by atoms with E-state index in [9.17, 15) is 9.59 Å². The molecule has 0 fully saturated rings. The molecule has 0 radical (unpaired) electrons. The van der Waals surface area contributed by atoms with Crippen LogP contribution < -0.4 is 0 Å². The van der Waals surface area contributed by atoms with Gasteiger partial charge < -0.3 is 4.74 Å². The molecule has 0 heterocycles. The summed E-state index contributed by atoms with van der Waals surface area (Å²) in [6.45, 7) is 5.65. The summed E-state index contributed by atoms with van der Waals surface area (Å²) < 4.78 is 5.15. The SMILES string of the molecule is C/C=C/CCCCC(CC)OC(=O)C(=O)CC. The van der Waals surface area contributed by atoms with Crippen LogP contribution in [0.15, 0.2) is 12.2 Å². The van der Waals surface area contributed by atoms with Crippen LogP contribution in [0, 0.1) is 0 Å². The van der Waals surface area contributed by atoms with E-state index < -0.39 is 11.8 Å². The van der Waals surface area contributed by atoms with E-state index in [1.54, 1.807) is 6.92 Å². The Morgan fingerprint density at radius 3 is 2.47 bits per heavy atom. The fourth-order valence-corrected chi connectivity index (χ4v) is 1.51. The minimum absolute atomic E-state index is 0.108. The molecule has 0 amide bonds. The van der Waals surface area contributed by atoms with Gasteiger partial charge in [-0.05, 0) is 39.0 Å². The van der Waals surface area contributed by atoms with Crippen molar-refractivity contribution >= 4 is 11.8 Å². The first-order chi connectivity index (χ1) is 8.15. The number of hydrogen-bond acceptors (Lipinski definition) is 3. The molecule has 3 nitrogen and oxygen atoms in total. The van der Waals surface area contributed by atoms with E-state index in [-0.39, 0.29) is 12.5 Å². The normalized spacial score (nSPS) is 12.6. The Labute approximate surface area is 104 Å². The number of unbranched alkanes of at least 4 members (excludes halogenated alkanes) is 2.